The number of sulfonamides is 1. The maximum Gasteiger partial charge on any atom is 0.265 e. The molecule has 0 radical (unpaired) electrons. The molecule has 0 unspecified atom stereocenters. The van der Waals surface area contributed by atoms with Crippen LogP contribution >= 0.6 is 0 Å². The summed E-state index contributed by atoms with van der Waals surface area (Å²) in [4.78, 5) is -0.869. The smallest absolute Gasteiger partial charge is 0.265 e. The first kappa shape index (κ1) is 14.8. The Kier molecular flexibility index (Phi) is 3.82. The van der Waals surface area contributed by atoms with E-state index in [1.165, 1.54) is 18.2 Å². The van der Waals surface area contributed by atoms with E-state index in [-0.39, 0.29) is 11.4 Å². The summed E-state index contributed by atoms with van der Waals surface area (Å²) in [6.07, 6.45) is 5.20. The molecule has 0 aromatic heterocycles. The standard InChI is InChI=1S/C14H10F2N2O2S/c1-2-9-4-3-5-11(6-9)18-21(19,20)13-8-10(17)7-12(15)14(13)16/h1,3-8,18H,17H2. The van der Waals surface area contributed by atoms with Gasteiger partial charge in [-0.3, -0.25) is 4.72 Å². The van der Waals surface area contributed by atoms with Gasteiger partial charge in [0.15, 0.2) is 11.6 Å². The van der Waals surface area contributed by atoms with Crippen LogP contribution in [0.4, 0.5) is 20.2 Å². The average molecular weight is 308 g/mol. The van der Waals surface area contributed by atoms with Gasteiger partial charge in [0, 0.05) is 11.3 Å². The number of terminal acetylenes is 1. The Hall–Kier alpha value is -2.59. The molecule has 7 heteroatoms. The third kappa shape index (κ3) is 3.12. The van der Waals surface area contributed by atoms with Crippen molar-refractivity contribution in [2.24, 2.45) is 0 Å². The van der Waals surface area contributed by atoms with Crippen LogP contribution in [-0.2, 0) is 10.0 Å². The predicted octanol–water partition coefficient (Wildman–Crippen LogP) is 2.33. The molecule has 0 amide bonds. The van der Waals surface area contributed by atoms with Crippen molar-refractivity contribution in [3.63, 3.8) is 0 Å². The van der Waals surface area contributed by atoms with E-state index in [4.69, 9.17) is 12.2 Å². The molecular formula is C14H10F2N2O2S. The van der Waals surface area contributed by atoms with E-state index in [1.54, 1.807) is 6.07 Å². The second-order valence-corrected chi connectivity index (χ2v) is 5.80. The third-order valence-corrected chi connectivity index (χ3v) is 3.97. The van der Waals surface area contributed by atoms with Gasteiger partial charge in [0.05, 0.1) is 5.69 Å². The topological polar surface area (TPSA) is 72.2 Å². The normalized spacial score (nSPS) is 10.9. The van der Waals surface area contributed by atoms with Crippen LogP contribution in [0, 0.1) is 24.0 Å². The third-order valence-electron chi connectivity index (χ3n) is 2.59. The molecule has 0 spiro atoms. The quantitative estimate of drug-likeness (QED) is 0.675. The van der Waals surface area contributed by atoms with Crippen LogP contribution in [0.15, 0.2) is 41.3 Å². The van der Waals surface area contributed by atoms with Crippen LogP contribution in [0.3, 0.4) is 0 Å². The molecule has 0 fully saturated rings. The van der Waals surface area contributed by atoms with Gasteiger partial charge >= 0.3 is 0 Å². The molecule has 0 saturated carbocycles. The van der Waals surface area contributed by atoms with Gasteiger partial charge in [-0.2, -0.15) is 0 Å². The summed E-state index contributed by atoms with van der Waals surface area (Å²) < 4.78 is 53.2. The van der Waals surface area contributed by atoms with Crippen LogP contribution in [0.2, 0.25) is 0 Å². The van der Waals surface area contributed by atoms with Crippen molar-refractivity contribution in [3.05, 3.63) is 53.6 Å². The first-order chi connectivity index (χ1) is 9.83. The van der Waals surface area contributed by atoms with E-state index in [0.717, 1.165) is 6.07 Å². The van der Waals surface area contributed by atoms with E-state index >= 15 is 0 Å². The molecule has 0 atom stereocenters. The highest BCUT2D eigenvalue weighted by atomic mass is 32.2. The number of nitrogens with two attached hydrogens (primary N) is 1. The summed E-state index contributed by atoms with van der Waals surface area (Å²) >= 11 is 0. The summed E-state index contributed by atoms with van der Waals surface area (Å²) in [5.74, 6) is -0.502. The Morgan fingerprint density at radius 3 is 2.57 bits per heavy atom. The van der Waals surface area contributed by atoms with Gasteiger partial charge < -0.3 is 5.73 Å². The van der Waals surface area contributed by atoms with E-state index < -0.39 is 26.6 Å². The summed E-state index contributed by atoms with van der Waals surface area (Å²) in [6, 6.07) is 7.48. The van der Waals surface area contributed by atoms with Crippen LogP contribution in [0.1, 0.15) is 5.56 Å². The number of nitrogen functional groups attached to an aromatic ring is 1. The van der Waals surface area contributed by atoms with Gasteiger partial charge in [-0.05, 0) is 30.3 Å². The fourth-order valence-corrected chi connectivity index (χ4v) is 2.83. The largest absolute Gasteiger partial charge is 0.399 e. The number of halogens is 2. The summed E-state index contributed by atoms with van der Waals surface area (Å²) in [5, 5.41) is 0. The molecule has 0 bridgehead atoms. The molecule has 3 N–H and O–H groups in total. The number of rotatable bonds is 3. The molecule has 0 aliphatic heterocycles. The van der Waals surface area contributed by atoms with Gasteiger partial charge in [-0.25, -0.2) is 17.2 Å². The molecule has 2 aromatic carbocycles. The van der Waals surface area contributed by atoms with Crippen molar-refractivity contribution in [2.45, 2.75) is 4.90 Å². The number of benzene rings is 2. The van der Waals surface area contributed by atoms with E-state index in [9.17, 15) is 17.2 Å². The number of hydrogen-bond acceptors (Lipinski definition) is 3. The lowest BCUT2D eigenvalue weighted by Crippen LogP contribution is -2.16. The van der Waals surface area contributed by atoms with Crippen molar-refractivity contribution in [3.8, 4) is 12.3 Å². The van der Waals surface area contributed by atoms with E-state index in [2.05, 4.69) is 10.6 Å². The molecule has 4 nitrogen and oxygen atoms in total. The lowest BCUT2D eigenvalue weighted by atomic mass is 10.2. The van der Waals surface area contributed by atoms with Crippen LogP contribution in [0.5, 0.6) is 0 Å². The Bertz CT molecular complexity index is 843. The highest BCUT2D eigenvalue weighted by Gasteiger charge is 2.22. The zero-order valence-corrected chi connectivity index (χ0v) is 11.4. The molecule has 21 heavy (non-hydrogen) atoms. The SMILES string of the molecule is C#Cc1cccc(NS(=O)(=O)c2cc(N)cc(F)c2F)c1. The van der Waals surface area contributed by atoms with Crippen molar-refractivity contribution >= 4 is 21.4 Å². The van der Waals surface area contributed by atoms with Gasteiger partial charge in [0.2, 0.25) is 0 Å². The predicted molar refractivity (Wildman–Crippen MR) is 76.0 cm³/mol. The lowest BCUT2D eigenvalue weighted by Gasteiger charge is -2.10. The van der Waals surface area contributed by atoms with Gasteiger partial charge in [0.1, 0.15) is 4.90 Å². The average Bonchev–Trinajstić information content (AvgIpc) is 2.42. The minimum absolute atomic E-state index is 0.132. The van der Waals surface area contributed by atoms with Gasteiger partial charge in [-0.15, -0.1) is 6.42 Å². The summed E-state index contributed by atoms with van der Waals surface area (Å²) in [6.45, 7) is 0. The highest BCUT2D eigenvalue weighted by molar-refractivity contribution is 7.92. The first-order valence-corrected chi connectivity index (χ1v) is 7.16. The van der Waals surface area contributed by atoms with Crippen molar-refractivity contribution in [2.75, 3.05) is 10.5 Å². The van der Waals surface area contributed by atoms with Crippen LogP contribution < -0.4 is 10.5 Å². The lowest BCUT2D eigenvalue weighted by molar-refractivity contribution is 0.486. The molecule has 0 aliphatic carbocycles. The Morgan fingerprint density at radius 2 is 1.90 bits per heavy atom. The summed E-state index contributed by atoms with van der Waals surface area (Å²) in [5.41, 5.74) is 5.71. The molecule has 108 valence electrons. The van der Waals surface area contributed by atoms with Gasteiger partial charge in [-0.1, -0.05) is 12.0 Å². The minimum atomic E-state index is -4.33. The minimum Gasteiger partial charge on any atom is -0.399 e. The molecular weight excluding hydrogens is 298 g/mol. The van der Waals surface area contributed by atoms with Crippen molar-refractivity contribution < 1.29 is 17.2 Å². The molecule has 0 saturated heterocycles. The maximum atomic E-state index is 13.6. The van der Waals surface area contributed by atoms with Gasteiger partial charge in [0.25, 0.3) is 10.0 Å². The van der Waals surface area contributed by atoms with Crippen molar-refractivity contribution in [1.29, 1.82) is 0 Å². The van der Waals surface area contributed by atoms with Crippen LogP contribution in [-0.4, -0.2) is 8.42 Å². The number of anilines is 2. The Morgan fingerprint density at radius 1 is 1.19 bits per heavy atom. The zero-order chi connectivity index (χ0) is 15.6. The second-order valence-electron chi connectivity index (χ2n) is 4.15. The Balaban J connectivity index is 2.46. The fraction of sp³-hybridized carbons (Fsp3) is 0. The number of nitrogens with one attached hydrogen (secondary N) is 1. The second kappa shape index (κ2) is 5.42. The zero-order valence-electron chi connectivity index (χ0n) is 10.6. The fourth-order valence-electron chi connectivity index (χ4n) is 1.66. The van der Waals surface area contributed by atoms with E-state index in [0.29, 0.717) is 11.6 Å². The monoisotopic (exact) mass is 308 g/mol. The molecule has 2 rings (SSSR count). The highest BCUT2D eigenvalue weighted by Crippen LogP contribution is 2.23. The molecule has 2 aromatic rings. The van der Waals surface area contributed by atoms with Crippen LogP contribution in [0.25, 0.3) is 0 Å². The molecule has 0 aliphatic rings. The molecule has 0 heterocycles. The van der Waals surface area contributed by atoms with E-state index in [1.807, 2.05) is 0 Å². The maximum absolute atomic E-state index is 13.6. The summed E-state index contributed by atoms with van der Waals surface area (Å²) in [7, 11) is -4.33. The first-order valence-electron chi connectivity index (χ1n) is 5.67. The van der Waals surface area contributed by atoms with Crippen molar-refractivity contribution in [1.82, 2.24) is 0 Å². The number of hydrogen-bond donors (Lipinski definition) is 2. The Labute approximate surface area is 120 Å².